The molecule has 0 atom stereocenters. The van der Waals surface area contributed by atoms with E-state index < -0.39 is 0 Å². The average Bonchev–Trinajstić information content (AvgIpc) is 2.64. The molecule has 1 nitrogen and oxygen atoms in total. The van der Waals surface area contributed by atoms with Crippen molar-refractivity contribution in [3.05, 3.63) is 56.4 Å². The first kappa shape index (κ1) is 11.5. The minimum absolute atomic E-state index is 0.0612. The molecule has 0 saturated heterocycles. The van der Waals surface area contributed by atoms with E-state index in [0.717, 1.165) is 8.66 Å². The maximum atomic E-state index is 12.9. The normalized spacial score (nSPS) is 10.4. The first-order valence-electron chi connectivity index (χ1n) is 4.68. The van der Waals surface area contributed by atoms with Gasteiger partial charge < -0.3 is 0 Å². The second-order valence-corrected chi connectivity index (χ2v) is 5.86. The molecule has 4 heteroatoms. The third-order valence-electron chi connectivity index (χ3n) is 2.11. The lowest BCUT2D eigenvalue weighted by Crippen LogP contribution is -2.02. The Bertz CT molecular complexity index is 521. The van der Waals surface area contributed by atoms with Crippen molar-refractivity contribution in [3.63, 3.8) is 0 Å². The van der Waals surface area contributed by atoms with Crippen LogP contribution in [0.1, 0.15) is 15.2 Å². The van der Waals surface area contributed by atoms with Gasteiger partial charge in [-0.05, 0) is 40.2 Å². The average molecular weight is 299 g/mol. The Labute approximate surface area is 105 Å². The molecule has 1 aromatic heterocycles. The number of hydrogen-bond donors (Lipinski definition) is 0. The molecule has 0 unspecified atom stereocenters. The highest BCUT2D eigenvalue weighted by Crippen LogP contribution is 2.23. The van der Waals surface area contributed by atoms with E-state index in [1.165, 1.54) is 23.5 Å². The molecule has 0 aliphatic rings. The summed E-state index contributed by atoms with van der Waals surface area (Å²) in [4.78, 5) is 12.8. The van der Waals surface area contributed by atoms with Gasteiger partial charge in [0.15, 0.2) is 5.78 Å². The van der Waals surface area contributed by atoms with E-state index in [2.05, 4.69) is 15.9 Å². The summed E-state index contributed by atoms with van der Waals surface area (Å²) in [6.07, 6.45) is 0.319. The predicted octanol–water partition coefficient (Wildman–Crippen LogP) is 4.08. The quantitative estimate of drug-likeness (QED) is 0.781. The second kappa shape index (κ2) is 4.89. The lowest BCUT2D eigenvalue weighted by atomic mass is 10.1. The van der Waals surface area contributed by atoms with E-state index in [-0.39, 0.29) is 11.6 Å². The van der Waals surface area contributed by atoms with Crippen LogP contribution in [0.25, 0.3) is 0 Å². The van der Waals surface area contributed by atoms with Gasteiger partial charge in [-0.2, -0.15) is 0 Å². The largest absolute Gasteiger partial charge is 0.294 e. The summed E-state index contributed by atoms with van der Waals surface area (Å²) < 4.78 is 13.9. The molecule has 0 N–H and O–H groups in total. The Balaban J connectivity index is 2.14. The van der Waals surface area contributed by atoms with Gasteiger partial charge in [-0.3, -0.25) is 4.79 Å². The molecule has 0 saturated carbocycles. The standard InChI is InChI=1S/C12H8BrFOS/c13-12-5-4-10(16-12)7-11(15)8-2-1-3-9(14)6-8/h1-6H,7H2. The fraction of sp³-hybridized carbons (Fsp3) is 0.0833. The summed E-state index contributed by atoms with van der Waals surface area (Å²) in [7, 11) is 0. The summed E-state index contributed by atoms with van der Waals surface area (Å²) in [6.45, 7) is 0. The van der Waals surface area contributed by atoms with E-state index in [1.807, 2.05) is 12.1 Å². The summed E-state index contributed by atoms with van der Waals surface area (Å²) in [6, 6.07) is 9.58. The van der Waals surface area contributed by atoms with Crippen LogP contribution in [0.3, 0.4) is 0 Å². The minimum atomic E-state index is -0.377. The summed E-state index contributed by atoms with van der Waals surface area (Å²) in [5.41, 5.74) is 0.421. The molecule has 82 valence electrons. The number of ketones is 1. The number of carbonyl (C=O) groups is 1. The van der Waals surface area contributed by atoms with Crippen LogP contribution in [0.15, 0.2) is 40.2 Å². The van der Waals surface area contributed by atoms with Crippen LogP contribution in [-0.4, -0.2) is 5.78 Å². The van der Waals surface area contributed by atoms with Crippen LogP contribution in [0.4, 0.5) is 4.39 Å². The van der Waals surface area contributed by atoms with Crippen LogP contribution >= 0.6 is 27.3 Å². The van der Waals surface area contributed by atoms with E-state index in [1.54, 1.807) is 12.1 Å². The Kier molecular flexibility index (Phi) is 3.51. The molecule has 0 aliphatic carbocycles. The number of benzene rings is 1. The maximum absolute atomic E-state index is 12.9. The third kappa shape index (κ3) is 2.77. The Morgan fingerprint density at radius 1 is 1.31 bits per heavy atom. The van der Waals surface area contributed by atoms with Crippen molar-refractivity contribution in [3.8, 4) is 0 Å². The van der Waals surface area contributed by atoms with Crippen molar-refractivity contribution >= 4 is 33.0 Å². The van der Waals surface area contributed by atoms with Gasteiger partial charge in [-0.25, -0.2) is 4.39 Å². The predicted molar refractivity (Wildman–Crippen MR) is 66.5 cm³/mol. The van der Waals surface area contributed by atoms with Gasteiger partial charge in [0, 0.05) is 16.9 Å². The summed E-state index contributed by atoms with van der Waals surface area (Å²) >= 11 is 4.85. The first-order chi connectivity index (χ1) is 7.65. The van der Waals surface area contributed by atoms with Crippen molar-refractivity contribution in [2.45, 2.75) is 6.42 Å². The van der Waals surface area contributed by atoms with Crippen LogP contribution in [0.5, 0.6) is 0 Å². The lowest BCUT2D eigenvalue weighted by molar-refractivity contribution is 0.0993. The Morgan fingerprint density at radius 2 is 2.12 bits per heavy atom. The number of thiophene rings is 1. The van der Waals surface area contributed by atoms with Gasteiger partial charge in [0.25, 0.3) is 0 Å². The number of Topliss-reactive ketones (excluding diaryl/α,β-unsaturated/α-hetero) is 1. The van der Waals surface area contributed by atoms with E-state index in [4.69, 9.17) is 0 Å². The van der Waals surface area contributed by atoms with Gasteiger partial charge in [-0.15, -0.1) is 11.3 Å². The van der Waals surface area contributed by atoms with Crippen molar-refractivity contribution in [2.75, 3.05) is 0 Å². The van der Waals surface area contributed by atoms with Gasteiger partial charge in [0.1, 0.15) is 5.82 Å². The molecule has 1 heterocycles. The summed E-state index contributed by atoms with van der Waals surface area (Å²) in [5.74, 6) is -0.438. The molecule has 0 aliphatic heterocycles. The molecule has 2 aromatic rings. The molecule has 0 spiro atoms. The molecule has 2 rings (SSSR count). The molecule has 0 radical (unpaired) electrons. The Morgan fingerprint density at radius 3 is 2.75 bits per heavy atom. The number of carbonyl (C=O) groups excluding carboxylic acids is 1. The Hall–Kier alpha value is -1.00. The van der Waals surface area contributed by atoms with Gasteiger partial charge in [0.2, 0.25) is 0 Å². The number of rotatable bonds is 3. The highest BCUT2D eigenvalue weighted by molar-refractivity contribution is 9.11. The highest BCUT2D eigenvalue weighted by atomic mass is 79.9. The van der Waals surface area contributed by atoms with Crippen molar-refractivity contribution < 1.29 is 9.18 Å². The maximum Gasteiger partial charge on any atom is 0.168 e. The van der Waals surface area contributed by atoms with Crippen molar-refractivity contribution in [2.24, 2.45) is 0 Å². The van der Waals surface area contributed by atoms with Gasteiger partial charge >= 0.3 is 0 Å². The van der Waals surface area contributed by atoms with Crippen molar-refractivity contribution in [1.82, 2.24) is 0 Å². The summed E-state index contributed by atoms with van der Waals surface area (Å²) in [5, 5.41) is 0. The molecule has 16 heavy (non-hydrogen) atoms. The SMILES string of the molecule is O=C(Cc1ccc(Br)s1)c1cccc(F)c1. The number of halogens is 2. The topological polar surface area (TPSA) is 17.1 Å². The lowest BCUT2D eigenvalue weighted by Gasteiger charge is -1.98. The zero-order valence-electron chi connectivity index (χ0n) is 8.24. The first-order valence-corrected chi connectivity index (χ1v) is 6.29. The fourth-order valence-electron chi connectivity index (χ4n) is 1.37. The third-order valence-corrected chi connectivity index (χ3v) is 3.73. The van der Waals surface area contributed by atoms with Crippen LogP contribution < -0.4 is 0 Å². The zero-order valence-corrected chi connectivity index (χ0v) is 10.6. The van der Waals surface area contributed by atoms with E-state index in [0.29, 0.717) is 12.0 Å². The fourth-order valence-corrected chi connectivity index (χ4v) is 2.85. The highest BCUT2D eigenvalue weighted by Gasteiger charge is 2.09. The van der Waals surface area contributed by atoms with Crippen molar-refractivity contribution in [1.29, 1.82) is 0 Å². The molecular formula is C12H8BrFOS. The molecule has 0 fully saturated rings. The number of hydrogen-bond acceptors (Lipinski definition) is 2. The van der Waals surface area contributed by atoms with Crippen LogP contribution in [0, 0.1) is 5.82 Å². The van der Waals surface area contributed by atoms with Gasteiger partial charge in [-0.1, -0.05) is 12.1 Å². The van der Waals surface area contributed by atoms with E-state index in [9.17, 15) is 9.18 Å². The minimum Gasteiger partial charge on any atom is -0.294 e. The molecule has 1 aromatic carbocycles. The van der Waals surface area contributed by atoms with Gasteiger partial charge in [0.05, 0.1) is 3.79 Å². The molecule has 0 amide bonds. The molecular weight excluding hydrogens is 291 g/mol. The molecule has 0 bridgehead atoms. The smallest absolute Gasteiger partial charge is 0.168 e. The van der Waals surface area contributed by atoms with Crippen LogP contribution in [0.2, 0.25) is 0 Å². The zero-order chi connectivity index (χ0) is 11.5. The van der Waals surface area contributed by atoms with Crippen LogP contribution in [-0.2, 0) is 6.42 Å². The second-order valence-electron chi connectivity index (χ2n) is 3.32. The monoisotopic (exact) mass is 298 g/mol. The van der Waals surface area contributed by atoms with E-state index >= 15 is 0 Å².